The number of fused-ring (bicyclic) bond motifs is 1. The summed E-state index contributed by atoms with van der Waals surface area (Å²) in [4.78, 5) is 26.9. The number of nitrogens with one attached hydrogen (secondary N) is 1. The monoisotopic (exact) mass is 291 g/mol. The van der Waals surface area contributed by atoms with Gasteiger partial charge in [-0.05, 0) is 57.2 Å². The molecular weight excluding hydrogens is 270 g/mol. The highest BCUT2D eigenvalue weighted by Crippen LogP contribution is 2.28. The number of nitrogens with zero attached hydrogens (tertiary/aromatic N) is 2. The van der Waals surface area contributed by atoms with Gasteiger partial charge in [-0.15, -0.1) is 0 Å². The maximum atomic E-state index is 12.2. The Labute approximate surface area is 124 Å². The predicted molar refractivity (Wildman–Crippen MR) is 81.0 cm³/mol. The lowest BCUT2D eigenvalue weighted by Gasteiger charge is -2.18. The third-order valence-corrected chi connectivity index (χ3v) is 3.53. The van der Waals surface area contributed by atoms with Gasteiger partial charge in [0.15, 0.2) is 0 Å². The van der Waals surface area contributed by atoms with Gasteiger partial charge in [0, 0.05) is 18.8 Å². The Morgan fingerprint density at radius 1 is 1.38 bits per heavy atom. The Morgan fingerprint density at radius 2 is 2.14 bits per heavy atom. The van der Waals surface area contributed by atoms with Crippen molar-refractivity contribution < 1.29 is 14.7 Å². The predicted octanol–water partition coefficient (Wildman–Crippen LogP) is 1.41. The first-order chi connectivity index (χ1) is 9.99. The first-order valence-corrected chi connectivity index (χ1v) is 7.05. The van der Waals surface area contributed by atoms with Crippen LogP contribution in [-0.2, 0) is 6.42 Å². The molecule has 0 fully saturated rings. The number of carboxylic acid groups (broad SMARTS) is 1. The van der Waals surface area contributed by atoms with Crippen molar-refractivity contribution in [3.63, 3.8) is 0 Å². The van der Waals surface area contributed by atoms with Crippen LogP contribution in [0.25, 0.3) is 0 Å². The van der Waals surface area contributed by atoms with Gasteiger partial charge in [0.25, 0.3) is 0 Å². The highest BCUT2D eigenvalue weighted by Gasteiger charge is 2.25. The number of urea groups is 1. The zero-order chi connectivity index (χ0) is 15.4. The summed E-state index contributed by atoms with van der Waals surface area (Å²) in [5, 5.41) is 11.9. The molecule has 0 saturated carbocycles. The highest BCUT2D eigenvalue weighted by atomic mass is 16.4. The standard InChI is InChI=1S/C15H21N3O3/c1-17(2)8-3-7-16-15(21)18-9-6-11-10-12(14(19)20)4-5-13(11)18/h4-5,10H,3,6-9H2,1-2H3,(H,16,21)(H,19,20). The smallest absolute Gasteiger partial charge is 0.335 e. The minimum absolute atomic E-state index is 0.115. The lowest BCUT2D eigenvalue weighted by atomic mass is 10.1. The fourth-order valence-electron chi connectivity index (χ4n) is 2.43. The van der Waals surface area contributed by atoms with Gasteiger partial charge in [0.2, 0.25) is 0 Å². The molecule has 1 aliphatic heterocycles. The van der Waals surface area contributed by atoms with E-state index in [1.165, 1.54) is 0 Å². The fraction of sp³-hybridized carbons (Fsp3) is 0.467. The second kappa shape index (κ2) is 6.58. The van der Waals surface area contributed by atoms with Crippen molar-refractivity contribution in [1.29, 1.82) is 0 Å². The molecule has 21 heavy (non-hydrogen) atoms. The van der Waals surface area contributed by atoms with Gasteiger partial charge in [-0.25, -0.2) is 9.59 Å². The highest BCUT2D eigenvalue weighted by molar-refractivity contribution is 5.95. The summed E-state index contributed by atoms with van der Waals surface area (Å²) >= 11 is 0. The van der Waals surface area contributed by atoms with Crippen LogP contribution in [-0.4, -0.2) is 55.7 Å². The van der Waals surface area contributed by atoms with E-state index in [4.69, 9.17) is 5.11 Å². The van der Waals surface area contributed by atoms with E-state index in [0.717, 1.165) is 24.2 Å². The quantitative estimate of drug-likeness (QED) is 0.805. The van der Waals surface area contributed by atoms with Gasteiger partial charge >= 0.3 is 12.0 Å². The molecule has 0 aliphatic carbocycles. The van der Waals surface area contributed by atoms with E-state index in [1.54, 1.807) is 23.1 Å². The van der Waals surface area contributed by atoms with Crippen molar-refractivity contribution in [2.75, 3.05) is 38.6 Å². The van der Waals surface area contributed by atoms with Crippen molar-refractivity contribution in [3.8, 4) is 0 Å². The lowest BCUT2D eigenvalue weighted by molar-refractivity contribution is 0.0697. The SMILES string of the molecule is CN(C)CCCNC(=O)N1CCc2cc(C(=O)O)ccc21. The van der Waals surface area contributed by atoms with Crippen LogP contribution in [0.2, 0.25) is 0 Å². The fourth-order valence-corrected chi connectivity index (χ4v) is 2.43. The third-order valence-electron chi connectivity index (χ3n) is 3.53. The Morgan fingerprint density at radius 3 is 2.81 bits per heavy atom. The van der Waals surface area contributed by atoms with E-state index in [2.05, 4.69) is 10.2 Å². The summed E-state index contributed by atoms with van der Waals surface area (Å²) < 4.78 is 0. The molecule has 1 aromatic rings. The molecule has 0 saturated heterocycles. The van der Waals surface area contributed by atoms with Crippen LogP contribution in [0, 0.1) is 0 Å². The number of hydrogen-bond acceptors (Lipinski definition) is 3. The van der Waals surface area contributed by atoms with Gasteiger partial charge < -0.3 is 15.3 Å². The summed E-state index contributed by atoms with van der Waals surface area (Å²) in [5.41, 5.74) is 1.99. The largest absolute Gasteiger partial charge is 0.478 e. The topological polar surface area (TPSA) is 72.9 Å². The minimum atomic E-state index is -0.940. The van der Waals surface area contributed by atoms with Crippen molar-refractivity contribution in [1.82, 2.24) is 10.2 Å². The molecule has 0 aromatic heterocycles. The summed E-state index contributed by atoms with van der Waals surface area (Å²) in [6, 6.07) is 4.79. The summed E-state index contributed by atoms with van der Waals surface area (Å²) in [6.07, 6.45) is 1.60. The number of aromatic carboxylic acids is 1. The molecule has 2 rings (SSSR count). The molecule has 2 amide bonds. The average Bonchev–Trinajstić information content (AvgIpc) is 2.86. The number of rotatable bonds is 5. The van der Waals surface area contributed by atoms with Gasteiger partial charge in [-0.3, -0.25) is 4.90 Å². The molecule has 114 valence electrons. The van der Waals surface area contributed by atoms with Crippen LogP contribution in [0.4, 0.5) is 10.5 Å². The first-order valence-electron chi connectivity index (χ1n) is 7.05. The number of carboxylic acids is 1. The molecule has 0 bridgehead atoms. The number of carbonyl (C=O) groups is 2. The molecule has 0 atom stereocenters. The van der Waals surface area contributed by atoms with Crippen LogP contribution >= 0.6 is 0 Å². The number of amides is 2. The normalized spacial score (nSPS) is 13.4. The van der Waals surface area contributed by atoms with E-state index in [9.17, 15) is 9.59 Å². The van der Waals surface area contributed by atoms with Crippen LogP contribution in [0.5, 0.6) is 0 Å². The van der Waals surface area contributed by atoms with Crippen molar-refractivity contribution in [2.45, 2.75) is 12.8 Å². The zero-order valence-electron chi connectivity index (χ0n) is 12.4. The van der Waals surface area contributed by atoms with Gasteiger partial charge in [0.1, 0.15) is 0 Å². The number of hydrogen-bond donors (Lipinski definition) is 2. The molecule has 0 unspecified atom stereocenters. The molecule has 0 radical (unpaired) electrons. The molecule has 1 heterocycles. The zero-order valence-corrected chi connectivity index (χ0v) is 12.4. The Balaban J connectivity index is 1.95. The molecule has 1 aromatic carbocycles. The number of carbonyl (C=O) groups excluding carboxylic acids is 1. The maximum absolute atomic E-state index is 12.2. The van der Waals surface area contributed by atoms with E-state index in [1.807, 2.05) is 14.1 Å². The van der Waals surface area contributed by atoms with E-state index >= 15 is 0 Å². The molecule has 6 heteroatoms. The molecular formula is C15H21N3O3. The number of benzene rings is 1. The lowest BCUT2D eigenvalue weighted by Crippen LogP contribution is -2.39. The van der Waals surface area contributed by atoms with Crippen LogP contribution in [0.15, 0.2) is 18.2 Å². The van der Waals surface area contributed by atoms with E-state index < -0.39 is 5.97 Å². The van der Waals surface area contributed by atoms with Crippen molar-refractivity contribution >= 4 is 17.7 Å². The summed E-state index contributed by atoms with van der Waals surface area (Å²) in [7, 11) is 4.00. The average molecular weight is 291 g/mol. The second-order valence-corrected chi connectivity index (χ2v) is 5.44. The Hall–Kier alpha value is -2.08. The molecule has 6 nitrogen and oxygen atoms in total. The van der Waals surface area contributed by atoms with E-state index in [-0.39, 0.29) is 11.6 Å². The maximum Gasteiger partial charge on any atom is 0.335 e. The van der Waals surface area contributed by atoms with Crippen molar-refractivity contribution in [2.24, 2.45) is 0 Å². The second-order valence-electron chi connectivity index (χ2n) is 5.44. The molecule has 0 spiro atoms. The Kier molecular flexibility index (Phi) is 4.80. The summed E-state index contributed by atoms with van der Waals surface area (Å²) in [5.74, 6) is -0.940. The van der Waals surface area contributed by atoms with Crippen molar-refractivity contribution in [3.05, 3.63) is 29.3 Å². The van der Waals surface area contributed by atoms with E-state index in [0.29, 0.717) is 19.5 Å². The van der Waals surface area contributed by atoms with Crippen LogP contribution in [0.1, 0.15) is 22.3 Å². The summed E-state index contributed by atoms with van der Waals surface area (Å²) in [6.45, 7) is 2.16. The van der Waals surface area contributed by atoms with Gasteiger partial charge in [0.05, 0.1) is 5.56 Å². The number of anilines is 1. The molecule has 1 aliphatic rings. The third kappa shape index (κ3) is 3.72. The van der Waals surface area contributed by atoms with Crippen LogP contribution < -0.4 is 10.2 Å². The van der Waals surface area contributed by atoms with Gasteiger partial charge in [-0.2, -0.15) is 0 Å². The van der Waals surface area contributed by atoms with Crippen LogP contribution in [0.3, 0.4) is 0 Å². The molecule has 2 N–H and O–H groups in total. The first kappa shape index (κ1) is 15.3. The Bertz CT molecular complexity index is 543. The minimum Gasteiger partial charge on any atom is -0.478 e. The van der Waals surface area contributed by atoms with Gasteiger partial charge in [-0.1, -0.05) is 0 Å².